The fraction of sp³-hybridized carbons (Fsp3) is 0.533. The zero-order chi connectivity index (χ0) is 15.9. The smallest absolute Gasteiger partial charge is 0.238 e. The first-order chi connectivity index (χ1) is 10.4. The molecule has 1 aromatic carbocycles. The van der Waals surface area contributed by atoms with E-state index in [4.69, 9.17) is 10.9 Å². The molecular formula is C15H22ClN3O3S. The second-order valence-corrected chi connectivity index (χ2v) is 7.90. The third-order valence-electron chi connectivity index (χ3n) is 5.00. The van der Waals surface area contributed by atoms with E-state index in [2.05, 4.69) is 5.32 Å². The van der Waals surface area contributed by atoms with E-state index in [1.165, 1.54) is 12.1 Å². The van der Waals surface area contributed by atoms with Crippen molar-refractivity contribution in [3.8, 4) is 0 Å². The lowest BCUT2D eigenvalue weighted by Crippen LogP contribution is -2.45. The largest absolute Gasteiger partial charge is 0.352 e. The number of benzene rings is 1. The van der Waals surface area contributed by atoms with E-state index in [1.807, 2.05) is 0 Å². The van der Waals surface area contributed by atoms with Crippen molar-refractivity contribution in [3.63, 3.8) is 0 Å². The van der Waals surface area contributed by atoms with Crippen LogP contribution in [0.25, 0.3) is 0 Å². The van der Waals surface area contributed by atoms with Crippen LogP contribution in [0, 0.1) is 17.8 Å². The highest BCUT2D eigenvalue weighted by Gasteiger charge is 2.48. The number of hydrogen-bond acceptors (Lipinski definition) is 4. The fourth-order valence-corrected chi connectivity index (χ4v) is 4.34. The molecule has 2 saturated carbocycles. The molecule has 4 atom stereocenters. The quantitative estimate of drug-likeness (QED) is 0.735. The van der Waals surface area contributed by atoms with E-state index in [0.717, 1.165) is 24.8 Å². The summed E-state index contributed by atoms with van der Waals surface area (Å²) in [4.78, 5) is 12.4. The van der Waals surface area contributed by atoms with Crippen LogP contribution in [0.4, 0.5) is 0 Å². The lowest BCUT2D eigenvalue weighted by atomic mass is 9.84. The average molecular weight is 360 g/mol. The molecule has 8 heteroatoms. The van der Waals surface area contributed by atoms with Crippen LogP contribution in [0.5, 0.6) is 0 Å². The van der Waals surface area contributed by atoms with Gasteiger partial charge in [0.05, 0.1) is 10.8 Å². The summed E-state index contributed by atoms with van der Waals surface area (Å²) in [6.07, 6.45) is 3.31. The zero-order valence-electron chi connectivity index (χ0n) is 12.6. The van der Waals surface area contributed by atoms with Gasteiger partial charge in [0.15, 0.2) is 0 Å². The molecule has 0 aliphatic heterocycles. The molecule has 1 amide bonds. The molecule has 0 spiro atoms. The molecule has 2 fully saturated rings. The van der Waals surface area contributed by atoms with Crippen LogP contribution < -0.4 is 16.2 Å². The molecule has 3 rings (SSSR count). The summed E-state index contributed by atoms with van der Waals surface area (Å²) in [5.41, 5.74) is 6.99. The van der Waals surface area contributed by atoms with E-state index in [9.17, 15) is 13.2 Å². The standard InChI is InChI=1S/C15H21N3O3S.ClH/c16-14-11-4-3-10(7-11)13(14)15(19)18-8-9-1-5-12(6-2-9)22(17,20)21;/h1-2,5-6,10-11,13-14H,3-4,7-8,16H2,(H,18,19)(H2,17,20,21);1H. The maximum Gasteiger partial charge on any atom is 0.238 e. The highest BCUT2D eigenvalue weighted by atomic mass is 35.5. The minimum absolute atomic E-state index is 0. The van der Waals surface area contributed by atoms with Gasteiger partial charge in [0, 0.05) is 12.6 Å². The van der Waals surface area contributed by atoms with Crippen molar-refractivity contribution in [2.45, 2.75) is 36.7 Å². The lowest BCUT2D eigenvalue weighted by molar-refractivity contribution is -0.127. The predicted octanol–water partition coefficient (Wildman–Crippen LogP) is 0.745. The van der Waals surface area contributed by atoms with E-state index >= 15 is 0 Å². The molecule has 1 aromatic rings. The Morgan fingerprint density at radius 2 is 1.78 bits per heavy atom. The third kappa shape index (κ3) is 3.68. The number of carbonyl (C=O) groups is 1. The van der Waals surface area contributed by atoms with E-state index in [-0.39, 0.29) is 35.2 Å². The minimum atomic E-state index is -3.68. The van der Waals surface area contributed by atoms with Crippen LogP contribution in [0.15, 0.2) is 29.2 Å². The van der Waals surface area contributed by atoms with E-state index in [0.29, 0.717) is 18.4 Å². The summed E-state index contributed by atoms with van der Waals surface area (Å²) in [7, 11) is -3.68. The number of hydrogen-bond donors (Lipinski definition) is 3. The Balaban J connectivity index is 0.00000192. The first-order valence-electron chi connectivity index (χ1n) is 7.51. The van der Waals surface area contributed by atoms with Gasteiger partial charge in [-0.25, -0.2) is 13.6 Å². The summed E-state index contributed by atoms with van der Waals surface area (Å²) in [5.74, 6) is 0.845. The molecule has 6 nitrogen and oxygen atoms in total. The Bertz CT molecular complexity index is 676. The maximum atomic E-state index is 12.3. The van der Waals surface area contributed by atoms with Gasteiger partial charge in [-0.1, -0.05) is 12.1 Å². The summed E-state index contributed by atoms with van der Waals surface area (Å²) in [6.45, 7) is 0.365. The summed E-state index contributed by atoms with van der Waals surface area (Å²) < 4.78 is 22.4. The van der Waals surface area contributed by atoms with Gasteiger partial charge in [0.2, 0.25) is 15.9 Å². The molecule has 4 unspecified atom stereocenters. The molecule has 23 heavy (non-hydrogen) atoms. The molecule has 2 bridgehead atoms. The van der Waals surface area contributed by atoms with Crippen LogP contribution in [-0.2, 0) is 21.4 Å². The number of fused-ring (bicyclic) bond motifs is 2. The van der Waals surface area contributed by atoms with Crippen LogP contribution in [0.2, 0.25) is 0 Å². The average Bonchev–Trinajstić information content (AvgIpc) is 3.05. The van der Waals surface area contributed by atoms with Gasteiger partial charge in [-0.05, 0) is 48.8 Å². The van der Waals surface area contributed by atoms with Crippen molar-refractivity contribution in [2.24, 2.45) is 28.6 Å². The minimum Gasteiger partial charge on any atom is -0.352 e. The van der Waals surface area contributed by atoms with Gasteiger partial charge in [-0.2, -0.15) is 0 Å². The van der Waals surface area contributed by atoms with Crippen LogP contribution in [0.1, 0.15) is 24.8 Å². The summed E-state index contributed by atoms with van der Waals surface area (Å²) in [5, 5.41) is 7.97. The normalized spacial score (nSPS) is 29.1. The topological polar surface area (TPSA) is 115 Å². The summed E-state index contributed by atoms with van der Waals surface area (Å²) in [6, 6.07) is 6.17. The Kier molecular flexibility index (Phi) is 5.35. The predicted molar refractivity (Wildman–Crippen MR) is 89.2 cm³/mol. The molecule has 0 radical (unpaired) electrons. The van der Waals surface area contributed by atoms with E-state index in [1.54, 1.807) is 12.1 Å². The first-order valence-corrected chi connectivity index (χ1v) is 9.06. The van der Waals surface area contributed by atoms with E-state index < -0.39 is 10.0 Å². The highest BCUT2D eigenvalue weighted by Crippen LogP contribution is 2.47. The second kappa shape index (κ2) is 6.76. The number of halogens is 1. The van der Waals surface area contributed by atoms with Gasteiger partial charge in [-0.3, -0.25) is 4.79 Å². The van der Waals surface area contributed by atoms with Crippen LogP contribution in [0.3, 0.4) is 0 Å². The van der Waals surface area contributed by atoms with Gasteiger partial charge in [0.25, 0.3) is 0 Å². The Morgan fingerprint density at radius 1 is 1.17 bits per heavy atom. The third-order valence-corrected chi connectivity index (χ3v) is 5.93. The number of carbonyl (C=O) groups excluding carboxylic acids is 1. The first kappa shape index (κ1) is 18.2. The molecule has 2 aliphatic rings. The van der Waals surface area contributed by atoms with Gasteiger partial charge in [-0.15, -0.1) is 12.4 Å². The number of sulfonamides is 1. The summed E-state index contributed by atoms with van der Waals surface area (Å²) >= 11 is 0. The molecule has 128 valence electrons. The maximum absolute atomic E-state index is 12.3. The molecule has 0 heterocycles. The van der Waals surface area contributed by atoms with Crippen molar-refractivity contribution in [1.82, 2.24) is 5.32 Å². The van der Waals surface area contributed by atoms with Crippen molar-refractivity contribution in [3.05, 3.63) is 29.8 Å². The highest BCUT2D eigenvalue weighted by molar-refractivity contribution is 7.89. The molecular weight excluding hydrogens is 338 g/mol. The molecule has 0 saturated heterocycles. The van der Waals surface area contributed by atoms with Gasteiger partial charge >= 0.3 is 0 Å². The number of rotatable bonds is 4. The Labute approximate surface area is 142 Å². The molecule has 5 N–H and O–H groups in total. The van der Waals surface area contributed by atoms with Gasteiger partial charge < -0.3 is 11.1 Å². The van der Waals surface area contributed by atoms with Crippen molar-refractivity contribution < 1.29 is 13.2 Å². The number of nitrogens with two attached hydrogens (primary N) is 2. The molecule has 2 aliphatic carbocycles. The van der Waals surface area contributed by atoms with Gasteiger partial charge in [0.1, 0.15) is 0 Å². The Hall–Kier alpha value is -1.15. The zero-order valence-corrected chi connectivity index (χ0v) is 14.3. The fourth-order valence-electron chi connectivity index (χ4n) is 3.83. The van der Waals surface area contributed by atoms with Crippen molar-refractivity contribution in [1.29, 1.82) is 0 Å². The number of amides is 1. The van der Waals surface area contributed by atoms with Crippen LogP contribution >= 0.6 is 12.4 Å². The SMILES string of the molecule is Cl.NC1C2CCC(C2)C1C(=O)NCc1ccc(S(N)(=O)=O)cc1. The lowest BCUT2D eigenvalue weighted by Gasteiger charge is -2.27. The monoisotopic (exact) mass is 359 g/mol. The van der Waals surface area contributed by atoms with Crippen LogP contribution in [-0.4, -0.2) is 20.4 Å². The molecule has 0 aromatic heterocycles. The number of nitrogens with one attached hydrogen (secondary N) is 1. The Morgan fingerprint density at radius 3 is 2.30 bits per heavy atom. The van der Waals surface area contributed by atoms with Crippen molar-refractivity contribution >= 4 is 28.3 Å². The number of primary sulfonamides is 1. The second-order valence-electron chi connectivity index (χ2n) is 6.34. The van der Waals surface area contributed by atoms with Crippen molar-refractivity contribution in [2.75, 3.05) is 0 Å².